The van der Waals surface area contributed by atoms with Crippen molar-refractivity contribution >= 4 is 16.5 Å². The molecule has 0 fully saturated rings. The molecule has 0 radical (unpaired) electrons. The molecule has 2 aromatic rings. The minimum Gasteiger partial charge on any atom is -0.330 e. The molecule has 1 aromatic heterocycles. The lowest BCUT2D eigenvalue weighted by Gasteiger charge is -1.99. The monoisotopic (exact) mass is 201 g/mol. The maximum Gasteiger partial charge on any atom is 0.0956 e. The zero-order valence-electron chi connectivity index (χ0n) is 8.90. The summed E-state index contributed by atoms with van der Waals surface area (Å²) in [6, 6.07) is 8.16. The topological polar surface area (TPSA) is 43.8 Å². The molecule has 0 aliphatic heterocycles. The van der Waals surface area contributed by atoms with Gasteiger partial charge in [-0.05, 0) is 24.6 Å². The molecule has 0 saturated carbocycles. The van der Waals surface area contributed by atoms with Gasteiger partial charge in [0.15, 0.2) is 0 Å². The fourth-order valence-corrected chi connectivity index (χ4v) is 1.77. The van der Waals surface area contributed by atoms with E-state index in [-0.39, 0.29) is 0 Å². The van der Waals surface area contributed by atoms with Crippen molar-refractivity contribution < 1.29 is 0 Å². The van der Waals surface area contributed by atoms with Crippen LogP contribution < -0.4 is 5.73 Å². The first kappa shape index (κ1) is 9.93. The second kappa shape index (κ2) is 3.87. The minimum atomic E-state index is 0.615. The minimum absolute atomic E-state index is 0.615. The lowest BCUT2D eigenvalue weighted by atomic mass is 10.1. The maximum atomic E-state index is 5.52. The van der Waals surface area contributed by atoms with Crippen molar-refractivity contribution in [2.24, 2.45) is 12.8 Å². The fourth-order valence-electron chi connectivity index (χ4n) is 1.77. The number of para-hydroxylation sites is 1. The first-order chi connectivity index (χ1) is 7.24. The zero-order chi connectivity index (χ0) is 10.8. The van der Waals surface area contributed by atoms with E-state index >= 15 is 0 Å². The van der Waals surface area contributed by atoms with Crippen molar-refractivity contribution in [3.8, 4) is 0 Å². The van der Waals surface area contributed by atoms with Crippen LogP contribution in [0.3, 0.4) is 0 Å². The number of nitrogens with two attached hydrogens (primary N) is 1. The highest BCUT2D eigenvalue weighted by molar-refractivity contribution is 5.90. The van der Waals surface area contributed by atoms with Crippen molar-refractivity contribution in [2.45, 2.75) is 6.42 Å². The highest BCUT2D eigenvalue weighted by Gasteiger charge is 2.09. The Morgan fingerprint density at radius 1 is 1.47 bits per heavy atom. The molecule has 0 atom stereocenters. The zero-order valence-corrected chi connectivity index (χ0v) is 8.90. The third-order valence-corrected chi connectivity index (χ3v) is 2.54. The molecule has 2 N–H and O–H groups in total. The molecule has 1 aromatic carbocycles. The van der Waals surface area contributed by atoms with Crippen molar-refractivity contribution in [1.82, 2.24) is 9.78 Å². The number of benzene rings is 1. The van der Waals surface area contributed by atoms with Crippen molar-refractivity contribution in [2.75, 3.05) is 6.54 Å². The average Bonchev–Trinajstić information content (AvgIpc) is 2.58. The normalized spacial score (nSPS) is 10.8. The Morgan fingerprint density at radius 2 is 2.20 bits per heavy atom. The van der Waals surface area contributed by atoms with Gasteiger partial charge >= 0.3 is 0 Å². The van der Waals surface area contributed by atoms with Gasteiger partial charge in [-0.3, -0.25) is 4.68 Å². The summed E-state index contributed by atoms with van der Waals surface area (Å²) in [5, 5.41) is 5.62. The van der Waals surface area contributed by atoms with Crippen LogP contribution in [0.5, 0.6) is 0 Å². The Morgan fingerprint density at radius 3 is 2.93 bits per heavy atom. The number of aromatic nitrogens is 2. The van der Waals surface area contributed by atoms with E-state index in [9.17, 15) is 0 Å². The third-order valence-electron chi connectivity index (χ3n) is 2.54. The van der Waals surface area contributed by atoms with Gasteiger partial charge in [0.25, 0.3) is 0 Å². The van der Waals surface area contributed by atoms with Crippen molar-refractivity contribution in [3.63, 3.8) is 0 Å². The highest BCUT2D eigenvalue weighted by Crippen LogP contribution is 2.24. The van der Waals surface area contributed by atoms with Gasteiger partial charge in [-0.25, -0.2) is 0 Å². The van der Waals surface area contributed by atoms with Gasteiger partial charge in [0.1, 0.15) is 0 Å². The van der Waals surface area contributed by atoms with Crippen molar-refractivity contribution in [3.05, 3.63) is 36.5 Å². The van der Waals surface area contributed by atoms with E-state index < -0.39 is 0 Å². The van der Waals surface area contributed by atoms with Gasteiger partial charge in [-0.2, -0.15) is 5.10 Å². The molecular weight excluding hydrogens is 186 g/mol. The van der Waals surface area contributed by atoms with E-state index in [0.717, 1.165) is 28.6 Å². The van der Waals surface area contributed by atoms with Gasteiger partial charge < -0.3 is 5.73 Å². The Labute approximate surface area is 89.2 Å². The predicted octanol–water partition coefficient (Wildman–Crippen LogP) is 1.94. The Balaban J connectivity index is 2.57. The summed E-state index contributed by atoms with van der Waals surface area (Å²) in [5.41, 5.74) is 8.63. The van der Waals surface area contributed by atoms with Crippen LogP contribution in [-0.2, 0) is 7.05 Å². The van der Waals surface area contributed by atoms with E-state index in [1.54, 1.807) is 0 Å². The molecule has 0 aliphatic carbocycles. The highest BCUT2D eigenvalue weighted by atomic mass is 15.3. The predicted molar refractivity (Wildman–Crippen MR) is 63.4 cm³/mol. The molecule has 2 rings (SSSR count). The average molecular weight is 201 g/mol. The molecule has 1 heterocycles. The molecule has 0 amide bonds. The van der Waals surface area contributed by atoms with Gasteiger partial charge in [-0.15, -0.1) is 0 Å². The molecule has 0 bridgehead atoms. The number of hydrogen-bond acceptors (Lipinski definition) is 2. The summed E-state index contributed by atoms with van der Waals surface area (Å²) in [6.07, 6.45) is 0.793. The summed E-state index contributed by atoms with van der Waals surface area (Å²) >= 11 is 0. The third kappa shape index (κ3) is 1.66. The SMILES string of the molecule is C=C(CCN)c1nn(C)c2ccccc12. The Bertz CT molecular complexity index is 497. The van der Waals surface area contributed by atoms with Crippen LogP contribution in [-0.4, -0.2) is 16.3 Å². The molecule has 0 aliphatic rings. The van der Waals surface area contributed by atoms with Gasteiger partial charge in [0.05, 0.1) is 11.2 Å². The number of aryl methyl sites for hydroxylation is 1. The smallest absolute Gasteiger partial charge is 0.0956 e. The molecular formula is C12H15N3. The molecule has 78 valence electrons. The molecule has 15 heavy (non-hydrogen) atoms. The van der Waals surface area contributed by atoms with Crippen LogP contribution >= 0.6 is 0 Å². The van der Waals surface area contributed by atoms with Gasteiger partial charge in [0, 0.05) is 12.4 Å². The van der Waals surface area contributed by atoms with E-state index in [1.807, 2.05) is 23.9 Å². The number of hydrogen-bond donors (Lipinski definition) is 1. The largest absolute Gasteiger partial charge is 0.330 e. The van der Waals surface area contributed by atoms with Gasteiger partial charge in [-0.1, -0.05) is 24.8 Å². The summed E-state index contributed by atoms with van der Waals surface area (Å²) < 4.78 is 1.88. The van der Waals surface area contributed by atoms with E-state index in [2.05, 4.69) is 23.8 Å². The molecule has 0 spiro atoms. The van der Waals surface area contributed by atoms with Crippen LogP contribution in [0.2, 0.25) is 0 Å². The number of rotatable bonds is 3. The molecule has 0 unspecified atom stereocenters. The first-order valence-corrected chi connectivity index (χ1v) is 5.04. The molecule has 3 heteroatoms. The lowest BCUT2D eigenvalue weighted by Crippen LogP contribution is -2.00. The van der Waals surface area contributed by atoms with Crippen LogP contribution in [0.1, 0.15) is 12.1 Å². The van der Waals surface area contributed by atoms with Gasteiger partial charge in [0.2, 0.25) is 0 Å². The first-order valence-electron chi connectivity index (χ1n) is 5.04. The summed E-state index contributed by atoms with van der Waals surface area (Å²) in [6.45, 7) is 4.64. The lowest BCUT2D eigenvalue weighted by molar-refractivity contribution is 0.789. The fraction of sp³-hybridized carbons (Fsp3) is 0.250. The standard InChI is InChI=1S/C12H15N3/c1-9(7-8-13)12-10-5-3-4-6-11(10)15(2)14-12/h3-6H,1,7-8,13H2,2H3. The number of nitrogens with zero attached hydrogens (tertiary/aromatic N) is 2. The second-order valence-electron chi connectivity index (χ2n) is 3.63. The molecule has 0 saturated heterocycles. The van der Waals surface area contributed by atoms with E-state index in [1.165, 1.54) is 0 Å². The quantitative estimate of drug-likeness (QED) is 0.824. The van der Waals surface area contributed by atoms with Crippen LogP contribution in [0.15, 0.2) is 30.8 Å². The van der Waals surface area contributed by atoms with Crippen molar-refractivity contribution in [1.29, 1.82) is 0 Å². The summed E-state index contributed by atoms with van der Waals surface area (Å²) in [5.74, 6) is 0. The Hall–Kier alpha value is -1.61. The van der Waals surface area contributed by atoms with Crippen LogP contribution in [0.4, 0.5) is 0 Å². The Kier molecular flexibility index (Phi) is 2.56. The summed E-state index contributed by atoms with van der Waals surface area (Å²) in [4.78, 5) is 0. The number of fused-ring (bicyclic) bond motifs is 1. The van der Waals surface area contributed by atoms with E-state index in [0.29, 0.717) is 6.54 Å². The second-order valence-corrected chi connectivity index (χ2v) is 3.63. The van der Waals surface area contributed by atoms with Crippen LogP contribution in [0, 0.1) is 0 Å². The van der Waals surface area contributed by atoms with E-state index in [4.69, 9.17) is 5.73 Å². The maximum absolute atomic E-state index is 5.52. The summed E-state index contributed by atoms with van der Waals surface area (Å²) in [7, 11) is 1.95. The van der Waals surface area contributed by atoms with Crippen LogP contribution in [0.25, 0.3) is 16.5 Å². The molecule has 3 nitrogen and oxygen atoms in total.